The summed E-state index contributed by atoms with van der Waals surface area (Å²) in [7, 11) is 1.68. The van der Waals surface area contributed by atoms with E-state index in [-0.39, 0.29) is 6.61 Å². The molecule has 0 aliphatic carbocycles. The quantitative estimate of drug-likeness (QED) is 0.850. The molecule has 0 radical (unpaired) electrons. The minimum Gasteiger partial charge on any atom is -0.395 e. The molecule has 0 bridgehead atoms. The van der Waals surface area contributed by atoms with Gasteiger partial charge in [-0.3, -0.25) is 0 Å². The van der Waals surface area contributed by atoms with Crippen molar-refractivity contribution in [1.29, 1.82) is 0 Å². The second-order valence-corrected chi connectivity index (χ2v) is 4.62. The molecule has 0 unspecified atom stereocenters. The maximum atomic E-state index is 9.11. The summed E-state index contributed by atoms with van der Waals surface area (Å²) >= 11 is 1.70. The zero-order chi connectivity index (χ0) is 12.1. The van der Waals surface area contributed by atoms with Crippen LogP contribution < -0.4 is 4.90 Å². The molecule has 0 spiro atoms. The molecule has 0 saturated carbocycles. The molecule has 0 aliphatic rings. The molecule has 17 heavy (non-hydrogen) atoms. The first-order chi connectivity index (χ1) is 8.36. The van der Waals surface area contributed by atoms with Crippen molar-refractivity contribution in [3.63, 3.8) is 0 Å². The number of hydrogen-bond acceptors (Lipinski definition) is 5. The van der Waals surface area contributed by atoms with E-state index in [9.17, 15) is 0 Å². The van der Waals surface area contributed by atoms with Crippen LogP contribution in [0.15, 0.2) is 23.7 Å². The molecule has 2 heterocycles. The van der Waals surface area contributed by atoms with Gasteiger partial charge in [0.25, 0.3) is 0 Å². The van der Waals surface area contributed by atoms with E-state index in [1.54, 1.807) is 18.4 Å². The van der Waals surface area contributed by atoms with Crippen LogP contribution in [-0.2, 0) is 4.74 Å². The zero-order valence-electron chi connectivity index (χ0n) is 9.80. The van der Waals surface area contributed by atoms with Crippen LogP contribution in [0.5, 0.6) is 0 Å². The van der Waals surface area contributed by atoms with Gasteiger partial charge in [-0.25, -0.2) is 4.98 Å². The Labute approximate surface area is 104 Å². The number of rotatable bonds is 6. The van der Waals surface area contributed by atoms with Crippen LogP contribution in [0.25, 0.3) is 10.1 Å². The van der Waals surface area contributed by atoms with Gasteiger partial charge in [0.1, 0.15) is 5.82 Å². The molecule has 2 aromatic rings. The second kappa shape index (κ2) is 5.95. The average Bonchev–Trinajstić information content (AvgIpc) is 2.82. The predicted octanol–water partition coefficient (Wildman–Crippen LogP) is 1.74. The van der Waals surface area contributed by atoms with Crippen molar-refractivity contribution in [3.8, 4) is 0 Å². The number of ether oxygens (including phenoxy) is 1. The van der Waals surface area contributed by atoms with E-state index in [1.165, 1.54) is 4.70 Å². The summed E-state index contributed by atoms with van der Waals surface area (Å²) in [6.45, 7) is 2.05. The van der Waals surface area contributed by atoms with Crippen LogP contribution in [0.4, 0.5) is 5.82 Å². The number of methoxy groups -OCH3 is 1. The minimum absolute atomic E-state index is 0.117. The fraction of sp³-hybridized carbons (Fsp3) is 0.417. The lowest BCUT2D eigenvalue weighted by atomic mass is 10.3. The van der Waals surface area contributed by atoms with Gasteiger partial charge in [0.05, 0.1) is 13.2 Å². The lowest BCUT2D eigenvalue weighted by Gasteiger charge is -2.23. The van der Waals surface area contributed by atoms with E-state index >= 15 is 0 Å². The highest BCUT2D eigenvalue weighted by Crippen LogP contribution is 2.28. The van der Waals surface area contributed by atoms with Gasteiger partial charge in [-0.05, 0) is 17.5 Å². The van der Waals surface area contributed by atoms with Crippen molar-refractivity contribution >= 4 is 27.2 Å². The fourth-order valence-corrected chi connectivity index (χ4v) is 2.55. The summed E-state index contributed by atoms with van der Waals surface area (Å²) in [6.07, 6.45) is 1.81. The van der Waals surface area contributed by atoms with Gasteiger partial charge < -0.3 is 14.7 Å². The molecule has 5 heteroatoms. The molecule has 0 aliphatic heterocycles. The molecule has 0 atom stereocenters. The molecular formula is C12H16N2O2S. The first-order valence-electron chi connectivity index (χ1n) is 5.53. The number of hydrogen-bond donors (Lipinski definition) is 1. The third kappa shape index (κ3) is 2.74. The third-order valence-electron chi connectivity index (χ3n) is 2.59. The van der Waals surface area contributed by atoms with E-state index < -0.39 is 0 Å². The Morgan fingerprint density at radius 3 is 3.06 bits per heavy atom. The number of nitrogens with zero attached hydrogens (tertiary/aromatic N) is 2. The van der Waals surface area contributed by atoms with E-state index in [0.717, 1.165) is 17.7 Å². The van der Waals surface area contributed by atoms with Crippen molar-refractivity contribution in [2.24, 2.45) is 0 Å². The summed E-state index contributed by atoms with van der Waals surface area (Å²) in [5.74, 6) is 0.926. The third-order valence-corrected chi connectivity index (χ3v) is 3.48. The fourth-order valence-electron chi connectivity index (χ4n) is 1.78. The Bertz CT molecular complexity index is 472. The Morgan fingerprint density at radius 1 is 1.41 bits per heavy atom. The molecule has 0 fully saturated rings. The molecule has 2 aromatic heterocycles. The molecule has 0 aromatic carbocycles. The van der Waals surface area contributed by atoms with Gasteiger partial charge in [-0.15, -0.1) is 11.3 Å². The largest absolute Gasteiger partial charge is 0.395 e. The van der Waals surface area contributed by atoms with Crippen LogP contribution in [0.1, 0.15) is 0 Å². The van der Waals surface area contributed by atoms with Gasteiger partial charge >= 0.3 is 0 Å². The van der Waals surface area contributed by atoms with E-state index in [2.05, 4.69) is 21.3 Å². The number of pyridine rings is 1. The minimum atomic E-state index is 0.117. The number of anilines is 1. The molecule has 0 amide bonds. The topological polar surface area (TPSA) is 45.6 Å². The van der Waals surface area contributed by atoms with Crippen molar-refractivity contribution in [3.05, 3.63) is 23.7 Å². The van der Waals surface area contributed by atoms with E-state index in [4.69, 9.17) is 9.84 Å². The first kappa shape index (κ1) is 12.3. The van der Waals surface area contributed by atoms with Crippen molar-refractivity contribution in [1.82, 2.24) is 4.98 Å². The number of aromatic nitrogens is 1. The Balaban J connectivity index is 2.30. The summed E-state index contributed by atoms with van der Waals surface area (Å²) in [5, 5.41) is 12.3. The van der Waals surface area contributed by atoms with Crippen molar-refractivity contribution < 1.29 is 9.84 Å². The van der Waals surface area contributed by atoms with E-state index in [0.29, 0.717) is 13.2 Å². The maximum absolute atomic E-state index is 9.11. The van der Waals surface area contributed by atoms with Crippen molar-refractivity contribution in [2.45, 2.75) is 0 Å². The number of aliphatic hydroxyl groups is 1. The lowest BCUT2D eigenvalue weighted by Crippen LogP contribution is -2.30. The van der Waals surface area contributed by atoms with Crippen LogP contribution in [0.3, 0.4) is 0 Å². The molecular weight excluding hydrogens is 236 g/mol. The summed E-state index contributed by atoms with van der Waals surface area (Å²) in [4.78, 5) is 6.47. The van der Waals surface area contributed by atoms with Crippen LogP contribution in [0, 0.1) is 0 Å². The van der Waals surface area contributed by atoms with E-state index in [1.807, 2.05) is 12.3 Å². The van der Waals surface area contributed by atoms with Crippen LogP contribution in [-0.4, -0.2) is 43.5 Å². The Kier molecular flexibility index (Phi) is 4.30. The maximum Gasteiger partial charge on any atom is 0.137 e. The van der Waals surface area contributed by atoms with Crippen molar-refractivity contribution in [2.75, 3.05) is 38.3 Å². The second-order valence-electron chi connectivity index (χ2n) is 3.67. The van der Waals surface area contributed by atoms with Crippen LogP contribution >= 0.6 is 11.3 Å². The highest BCUT2D eigenvalue weighted by atomic mass is 32.1. The van der Waals surface area contributed by atoms with Gasteiger partial charge in [0.2, 0.25) is 0 Å². The number of fused-ring (bicyclic) bond motifs is 1. The summed E-state index contributed by atoms with van der Waals surface area (Å²) < 4.78 is 6.30. The molecule has 1 N–H and O–H groups in total. The van der Waals surface area contributed by atoms with Gasteiger partial charge in [0, 0.05) is 36.5 Å². The zero-order valence-corrected chi connectivity index (χ0v) is 10.6. The monoisotopic (exact) mass is 252 g/mol. The standard InChI is InChI=1S/C12H16N2O2S/c1-16-8-6-14(5-7-15)12-10-3-9-17-11(10)2-4-13-12/h2-4,9,15H,5-8H2,1H3. The summed E-state index contributed by atoms with van der Waals surface area (Å²) in [5.41, 5.74) is 0. The highest BCUT2D eigenvalue weighted by Gasteiger charge is 2.11. The molecule has 4 nitrogen and oxygen atoms in total. The number of aliphatic hydroxyl groups excluding tert-OH is 1. The Morgan fingerprint density at radius 2 is 2.29 bits per heavy atom. The molecule has 2 rings (SSSR count). The van der Waals surface area contributed by atoms with Gasteiger partial charge in [-0.1, -0.05) is 0 Å². The molecule has 0 saturated heterocycles. The van der Waals surface area contributed by atoms with Gasteiger partial charge in [-0.2, -0.15) is 0 Å². The number of thiophene rings is 1. The smallest absolute Gasteiger partial charge is 0.137 e. The highest BCUT2D eigenvalue weighted by molar-refractivity contribution is 7.17. The van der Waals surface area contributed by atoms with Gasteiger partial charge in [0.15, 0.2) is 0 Å². The summed E-state index contributed by atoms with van der Waals surface area (Å²) in [6, 6.07) is 4.08. The normalized spacial score (nSPS) is 10.9. The van der Waals surface area contributed by atoms with Crippen LogP contribution in [0.2, 0.25) is 0 Å². The Hall–Kier alpha value is -1.17. The SMILES string of the molecule is COCCN(CCO)c1nccc2sccc12. The average molecular weight is 252 g/mol. The molecule has 92 valence electrons. The lowest BCUT2D eigenvalue weighted by molar-refractivity contribution is 0.202. The predicted molar refractivity (Wildman–Crippen MR) is 70.8 cm³/mol. The first-order valence-corrected chi connectivity index (χ1v) is 6.41.